The summed E-state index contributed by atoms with van der Waals surface area (Å²) < 4.78 is 0.745. The molecule has 3 nitrogen and oxygen atoms in total. The maximum absolute atomic E-state index is 8.62. The van der Waals surface area contributed by atoms with E-state index >= 15 is 0 Å². The van der Waals surface area contributed by atoms with Crippen molar-refractivity contribution in [3.63, 3.8) is 0 Å². The maximum atomic E-state index is 8.62. The Labute approximate surface area is 99.6 Å². The van der Waals surface area contributed by atoms with Crippen molar-refractivity contribution < 1.29 is 0 Å². The molecule has 0 bridgehead atoms. The van der Waals surface area contributed by atoms with Gasteiger partial charge in [0.05, 0.1) is 23.1 Å². The van der Waals surface area contributed by atoms with E-state index in [1.165, 1.54) is 11.3 Å². The number of rotatable bonds is 2. The van der Waals surface area contributed by atoms with Gasteiger partial charge in [-0.3, -0.25) is 4.98 Å². The molecule has 2 heterocycles. The first-order valence-corrected chi connectivity index (χ1v) is 5.86. The third-order valence-corrected chi connectivity index (χ3v) is 3.77. The smallest absolute Gasteiger partial charge is 0.143 e. The van der Waals surface area contributed by atoms with Crippen LogP contribution < -0.4 is 0 Å². The van der Waals surface area contributed by atoms with Gasteiger partial charge in [0, 0.05) is 6.20 Å². The highest BCUT2D eigenvalue weighted by atomic mass is 79.9. The molecule has 0 N–H and O–H groups in total. The molecule has 0 radical (unpaired) electrons. The summed E-state index contributed by atoms with van der Waals surface area (Å²) in [4.78, 5) is 9.47. The fourth-order valence-corrected chi connectivity index (χ4v) is 2.65. The lowest BCUT2D eigenvalue weighted by atomic mass is 10.4. The minimum Gasteiger partial charge on any atom is -0.254 e. The minimum absolute atomic E-state index is 0.380. The molecule has 0 atom stereocenters. The van der Waals surface area contributed by atoms with E-state index in [-0.39, 0.29) is 0 Å². The van der Waals surface area contributed by atoms with Gasteiger partial charge in [-0.25, -0.2) is 4.98 Å². The van der Waals surface area contributed by atoms with Gasteiger partial charge in [-0.1, -0.05) is 6.07 Å². The normalized spacial score (nSPS) is 9.87. The number of nitriles is 1. The van der Waals surface area contributed by atoms with Crippen LogP contribution in [-0.4, -0.2) is 9.97 Å². The van der Waals surface area contributed by atoms with E-state index in [0.717, 1.165) is 20.2 Å². The molecule has 74 valence electrons. The van der Waals surface area contributed by atoms with Crippen molar-refractivity contribution in [2.24, 2.45) is 0 Å². The van der Waals surface area contributed by atoms with Gasteiger partial charge in [0.1, 0.15) is 9.61 Å². The monoisotopic (exact) mass is 279 g/mol. The summed E-state index contributed by atoms with van der Waals surface area (Å²) >= 11 is 4.83. The second-order valence-corrected chi connectivity index (χ2v) is 4.62. The molecule has 2 rings (SSSR count). The van der Waals surface area contributed by atoms with Gasteiger partial charge in [-0.05, 0) is 28.1 Å². The minimum atomic E-state index is 0.380. The lowest BCUT2D eigenvalue weighted by Crippen LogP contribution is -1.79. The molecule has 0 fully saturated rings. The third-order valence-electron chi connectivity index (χ3n) is 1.77. The first-order chi connectivity index (χ1) is 7.31. The van der Waals surface area contributed by atoms with E-state index in [2.05, 4.69) is 32.0 Å². The summed E-state index contributed by atoms with van der Waals surface area (Å²) in [6, 6.07) is 7.80. The van der Waals surface area contributed by atoms with Crippen LogP contribution in [0.5, 0.6) is 0 Å². The van der Waals surface area contributed by atoms with Crippen LogP contribution in [0.3, 0.4) is 0 Å². The molecule has 0 saturated carbocycles. The Bertz CT molecular complexity index is 501. The molecule has 0 aliphatic rings. The van der Waals surface area contributed by atoms with Gasteiger partial charge in [0.15, 0.2) is 0 Å². The van der Waals surface area contributed by atoms with Crippen molar-refractivity contribution in [3.8, 4) is 16.8 Å². The zero-order valence-corrected chi connectivity index (χ0v) is 10.0. The van der Waals surface area contributed by atoms with E-state index in [4.69, 9.17) is 5.26 Å². The summed E-state index contributed by atoms with van der Waals surface area (Å²) in [5, 5.41) is 9.46. The number of pyridine rings is 1. The highest BCUT2D eigenvalue weighted by molar-refractivity contribution is 9.10. The summed E-state index contributed by atoms with van der Waals surface area (Å²) in [7, 11) is 0. The van der Waals surface area contributed by atoms with Crippen LogP contribution in [0.4, 0.5) is 0 Å². The van der Waals surface area contributed by atoms with Crippen molar-refractivity contribution in [1.29, 1.82) is 5.26 Å². The summed E-state index contributed by atoms with van der Waals surface area (Å²) in [6.07, 6.45) is 2.11. The average Bonchev–Trinajstić information content (AvgIpc) is 2.63. The molecule has 5 heteroatoms. The Morgan fingerprint density at radius 1 is 1.47 bits per heavy atom. The van der Waals surface area contributed by atoms with Gasteiger partial charge < -0.3 is 0 Å². The predicted molar refractivity (Wildman–Crippen MR) is 62.4 cm³/mol. The Hall–Kier alpha value is -1.25. The number of halogens is 1. The summed E-state index contributed by atoms with van der Waals surface area (Å²) in [5.41, 5.74) is 0.840. The van der Waals surface area contributed by atoms with Gasteiger partial charge >= 0.3 is 0 Å². The molecular weight excluding hydrogens is 274 g/mol. The summed E-state index contributed by atoms with van der Waals surface area (Å²) in [5.74, 6) is 0. The molecule has 2 aromatic rings. The van der Waals surface area contributed by atoms with Crippen LogP contribution in [0.1, 0.15) is 4.88 Å². The molecule has 0 aliphatic carbocycles. The van der Waals surface area contributed by atoms with Crippen LogP contribution in [0, 0.1) is 11.3 Å². The van der Waals surface area contributed by atoms with Crippen LogP contribution in [-0.2, 0) is 6.42 Å². The Morgan fingerprint density at radius 3 is 3.00 bits per heavy atom. The first kappa shape index (κ1) is 10.3. The molecular formula is C10H6BrN3S. The van der Waals surface area contributed by atoms with Crippen molar-refractivity contribution >= 4 is 27.3 Å². The Kier molecular flexibility index (Phi) is 3.09. The molecule has 0 aromatic carbocycles. The Morgan fingerprint density at radius 2 is 2.33 bits per heavy atom. The zero-order chi connectivity index (χ0) is 10.7. The SMILES string of the molecule is N#CCc1sc(-c2ccccn2)nc1Br. The second-order valence-electron chi connectivity index (χ2n) is 2.78. The fourth-order valence-electron chi connectivity index (χ4n) is 1.11. The molecule has 2 aromatic heterocycles. The van der Waals surface area contributed by atoms with Crippen molar-refractivity contribution in [1.82, 2.24) is 9.97 Å². The van der Waals surface area contributed by atoms with E-state index in [1.54, 1.807) is 6.20 Å². The maximum Gasteiger partial charge on any atom is 0.143 e. The van der Waals surface area contributed by atoms with Crippen LogP contribution in [0.2, 0.25) is 0 Å². The van der Waals surface area contributed by atoms with Crippen LogP contribution >= 0.6 is 27.3 Å². The quantitative estimate of drug-likeness (QED) is 0.849. The molecule has 0 aliphatic heterocycles. The molecule has 0 saturated heterocycles. The largest absolute Gasteiger partial charge is 0.254 e. The molecule has 0 spiro atoms. The number of nitrogens with zero attached hydrogens (tertiary/aromatic N) is 3. The highest BCUT2D eigenvalue weighted by Gasteiger charge is 2.10. The van der Waals surface area contributed by atoms with E-state index in [9.17, 15) is 0 Å². The lowest BCUT2D eigenvalue weighted by Gasteiger charge is -1.91. The van der Waals surface area contributed by atoms with Gasteiger partial charge in [-0.15, -0.1) is 11.3 Å². The summed E-state index contributed by atoms with van der Waals surface area (Å²) in [6.45, 7) is 0. The third kappa shape index (κ3) is 2.22. The van der Waals surface area contributed by atoms with E-state index in [0.29, 0.717) is 6.42 Å². The van der Waals surface area contributed by atoms with Crippen molar-refractivity contribution in [3.05, 3.63) is 33.9 Å². The first-order valence-electron chi connectivity index (χ1n) is 4.25. The number of thiazole rings is 1. The molecule has 0 unspecified atom stereocenters. The Balaban J connectivity index is 2.40. The van der Waals surface area contributed by atoms with Gasteiger partial charge in [0.25, 0.3) is 0 Å². The average molecular weight is 280 g/mol. The number of hydrogen-bond acceptors (Lipinski definition) is 4. The molecule has 15 heavy (non-hydrogen) atoms. The lowest BCUT2D eigenvalue weighted by molar-refractivity contribution is 1.23. The van der Waals surface area contributed by atoms with Crippen molar-refractivity contribution in [2.75, 3.05) is 0 Å². The predicted octanol–water partition coefficient (Wildman–Crippen LogP) is 3.03. The van der Waals surface area contributed by atoms with Crippen LogP contribution in [0.15, 0.2) is 29.0 Å². The fraction of sp³-hybridized carbons (Fsp3) is 0.100. The number of aromatic nitrogens is 2. The number of hydrogen-bond donors (Lipinski definition) is 0. The molecule has 0 amide bonds. The van der Waals surface area contributed by atoms with Gasteiger partial charge in [-0.2, -0.15) is 5.26 Å². The standard InChI is InChI=1S/C10H6BrN3S/c11-9-8(4-5-12)15-10(14-9)7-3-1-2-6-13-7/h1-3,6H,4H2. The van der Waals surface area contributed by atoms with Crippen LogP contribution in [0.25, 0.3) is 10.7 Å². The van der Waals surface area contributed by atoms with Gasteiger partial charge in [0.2, 0.25) is 0 Å². The van der Waals surface area contributed by atoms with E-state index < -0.39 is 0 Å². The topological polar surface area (TPSA) is 49.6 Å². The highest BCUT2D eigenvalue weighted by Crippen LogP contribution is 2.29. The van der Waals surface area contributed by atoms with Crippen molar-refractivity contribution in [2.45, 2.75) is 6.42 Å². The zero-order valence-electron chi connectivity index (χ0n) is 7.64. The van der Waals surface area contributed by atoms with E-state index in [1.807, 2.05) is 18.2 Å². The second kappa shape index (κ2) is 4.51.